The first-order valence-corrected chi connectivity index (χ1v) is 6.12. The highest BCUT2D eigenvalue weighted by Crippen LogP contribution is 2.24. The van der Waals surface area contributed by atoms with Gasteiger partial charge in [0, 0.05) is 17.8 Å². The molecule has 4 nitrogen and oxygen atoms in total. The Labute approximate surface area is 106 Å². The summed E-state index contributed by atoms with van der Waals surface area (Å²) in [6.07, 6.45) is 6.02. The van der Waals surface area contributed by atoms with Crippen LogP contribution < -0.4 is 5.32 Å². The van der Waals surface area contributed by atoms with Gasteiger partial charge < -0.3 is 0 Å². The second-order valence-electron chi connectivity index (χ2n) is 4.56. The maximum atomic E-state index is 9.19. The van der Waals surface area contributed by atoms with E-state index in [9.17, 15) is 5.26 Å². The highest BCUT2D eigenvalue weighted by Gasteiger charge is 2.25. The van der Waals surface area contributed by atoms with Gasteiger partial charge in [0.25, 0.3) is 0 Å². The molecule has 0 aliphatic heterocycles. The molecule has 0 bridgehead atoms. The van der Waals surface area contributed by atoms with E-state index in [2.05, 4.69) is 16.5 Å². The lowest BCUT2D eigenvalue weighted by molar-refractivity contribution is 0.626. The molecule has 1 saturated carbocycles. The van der Waals surface area contributed by atoms with Gasteiger partial charge >= 0.3 is 0 Å². The predicted octanol–water partition coefficient (Wildman–Crippen LogP) is 2.19. The molecule has 1 aromatic carbocycles. The van der Waals surface area contributed by atoms with Crippen molar-refractivity contribution in [2.75, 3.05) is 0 Å². The molecule has 1 aliphatic rings. The molecular weight excluding hydrogens is 224 g/mol. The zero-order chi connectivity index (χ0) is 12.4. The van der Waals surface area contributed by atoms with E-state index in [1.807, 2.05) is 36.5 Å². The molecule has 0 saturated heterocycles. The second-order valence-corrected chi connectivity index (χ2v) is 4.56. The van der Waals surface area contributed by atoms with E-state index in [-0.39, 0.29) is 6.04 Å². The van der Waals surface area contributed by atoms with E-state index in [0.717, 1.165) is 11.3 Å². The maximum absolute atomic E-state index is 9.19. The summed E-state index contributed by atoms with van der Waals surface area (Å²) in [4.78, 5) is 0. The van der Waals surface area contributed by atoms with E-state index in [4.69, 9.17) is 0 Å². The van der Waals surface area contributed by atoms with Gasteiger partial charge in [-0.05, 0) is 25.0 Å². The fourth-order valence-electron chi connectivity index (χ4n) is 1.90. The number of nitriles is 1. The Bertz CT molecular complexity index is 563. The van der Waals surface area contributed by atoms with Crippen LogP contribution in [0.15, 0.2) is 42.7 Å². The lowest BCUT2D eigenvalue weighted by atomic mass is 10.2. The lowest BCUT2D eigenvalue weighted by Gasteiger charge is -2.07. The molecule has 90 valence electrons. The summed E-state index contributed by atoms with van der Waals surface area (Å²) in [5, 5.41) is 16.8. The molecule has 1 aliphatic carbocycles. The molecule has 0 radical (unpaired) electrons. The van der Waals surface area contributed by atoms with Crippen LogP contribution in [0.1, 0.15) is 24.4 Å². The Hall–Kier alpha value is -2.12. The minimum Gasteiger partial charge on any atom is -0.295 e. The minimum atomic E-state index is -0.255. The quantitative estimate of drug-likeness (QED) is 0.888. The number of para-hydroxylation sites is 1. The van der Waals surface area contributed by atoms with Crippen molar-refractivity contribution in [1.82, 2.24) is 15.1 Å². The van der Waals surface area contributed by atoms with E-state index in [1.54, 1.807) is 10.9 Å². The SMILES string of the molecule is N#CC(NC1CC1)c1cnn(-c2ccccc2)c1. The Balaban J connectivity index is 1.82. The average Bonchev–Trinajstić information content (AvgIpc) is 3.11. The molecule has 1 N–H and O–H groups in total. The van der Waals surface area contributed by atoms with Gasteiger partial charge in [-0.15, -0.1) is 0 Å². The predicted molar refractivity (Wildman–Crippen MR) is 68.1 cm³/mol. The highest BCUT2D eigenvalue weighted by molar-refractivity contribution is 5.32. The third kappa shape index (κ3) is 2.27. The molecule has 4 heteroatoms. The Kier molecular flexibility index (Phi) is 2.83. The maximum Gasteiger partial charge on any atom is 0.124 e. The molecule has 0 amide bonds. The van der Waals surface area contributed by atoms with Gasteiger partial charge in [-0.3, -0.25) is 5.32 Å². The van der Waals surface area contributed by atoms with Crippen LogP contribution in [-0.2, 0) is 0 Å². The number of hydrogen-bond acceptors (Lipinski definition) is 3. The van der Waals surface area contributed by atoms with Crippen LogP contribution in [-0.4, -0.2) is 15.8 Å². The van der Waals surface area contributed by atoms with Crippen molar-refractivity contribution in [3.05, 3.63) is 48.3 Å². The number of nitrogens with zero attached hydrogens (tertiary/aromatic N) is 3. The van der Waals surface area contributed by atoms with Gasteiger partial charge in [-0.25, -0.2) is 4.68 Å². The van der Waals surface area contributed by atoms with Crippen molar-refractivity contribution >= 4 is 0 Å². The van der Waals surface area contributed by atoms with Crippen LogP contribution in [0.4, 0.5) is 0 Å². The average molecular weight is 238 g/mol. The van der Waals surface area contributed by atoms with Gasteiger partial charge in [0.1, 0.15) is 6.04 Å². The smallest absolute Gasteiger partial charge is 0.124 e. The summed E-state index contributed by atoms with van der Waals surface area (Å²) in [6.45, 7) is 0. The highest BCUT2D eigenvalue weighted by atomic mass is 15.3. The molecule has 0 spiro atoms. The van der Waals surface area contributed by atoms with E-state index >= 15 is 0 Å². The van der Waals surface area contributed by atoms with Crippen molar-refractivity contribution in [3.8, 4) is 11.8 Å². The van der Waals surface area contributed by atoms with Crippen LogP contribution in [0.5, 0.6) is 0 Å². The molecule has 1 aromatic heterocycles. The van der Waals surface area contributed by atoms with Crippen molar-refractivity contribution < 1.29 is 0 Å². The van der Waals surface area contributed by atoms with Crippen molar-refractivity contribution in [1.29, 1.82) is 5.26 Å². The Morgan fingerprint density at radius 3 is 2.78 bits per heavy atom. The normalized spacial score (nSPS) is 16.2. The summed E-state index contributed by atoms with van der Waals surface area (Å²) in [5.41, 5.74) is 1.93. The zero-order valence-corrected chi connectivity index (χ0v) is 9.95. The van der Waals surface area contributed by atoms with Gasteiger partial charge in [0.05, 0.1) is 18.0 Å². The molecule has 2 aromatic rings. The topological polar surface area (TPSA) is 53.6 Å². The standard InChI is InChI=1S/C14H14N4/c15-8-14(17-12-6-7-12)11-9-16-18(10-11)13-4-2-1-3-5-13/h1-5,9-10,12,14,17H,6-7H2. The van der Waals surface area contributed by atoms with Crippen molar-refractivity contribution in [3.63, 3.8) is 0 Å². The number of nitrogens with one attached hydrogen (secondary N) is 1. The van der Waals surface area contributed by atoms with Crippen LogP contribution in [0.2, 0.25) is 0 Å². The van der Waals surface area contributed by atoms with E-state index in [1.165, 1.54) is 12.8 Å². The van der Waals surface area contributed by atoms with Crippen LogP contribution in [0.25, 0.3) is 5.69 Å². The van der Waals surface area contributed by atoms with Gasteiger partial charge in [-0.1, -0.05) is 18.2 Å². The fourth-order valence-corrected chi connectivity index (χ4v) is 1.90. The van der Waals surface area contributed by atoms with E-state index in [0.29, 0.717) is 6.04 Å². The van der Waals surface area contributed by atoms with E-state index < -0.39 is 0 Å². The summed E-state index contributed by atoms with van der Waals surface area (Å²) < 4.78 is 1.80. The second kappa shape index (κ2) is 4.63. The molecule has 3 rings (SSSR count). The summed E-state index contributed by atoms with van der Waals surface area (Å²) in [5.74, 6) is 0. The van der Waals surface area contributed by atoms with Crippen molar-refractivity contribution in [2.24, 2.45) is 0 Å². The third-order valence-corrected chi connectivity index (χ3v) is 3.07. The van der Waals surface area contributed by atoms with Gasteiger partial charge in [-0.2, -0.15) is 10.4 Å². The molecular formula is C14H14N4. The molecule has 1 fully saturated rings. The van der Waals surface area contributed by atoms with Crippen LogP contribution in [0, 0.1) is 11.3 Å². The summed E-state index contributed by atoms with van der Waals surface area (Å²) in [6, 6.07) is 12.4. The summed E-state index contributed by atoms with van der Waals surface area (Å²) in [7, 11) is 0. The largest absolute Gasteiger partial charge is 0.295 e. The van der Waals surface area contributed by atoms with Crippen LogP contribution >= 0.6 is 0 Å². The molecule has 18 heavy (non-hydrogen) atoms. The number of aromatic nitrogens is 2. The molecule has 1 atom stereocenters. The third-order valence-electron chi connectivity index (χ3n) is 3.07. The van der Waals surface area contributed by atoms with Gasteiger partial charge in [0.2, 0.25) is 0 Å². The Morgan fingerprint density at radius 2 is 2.11 bits per heavy atom. The number of benzene rings is 1. The fraction of sp³-hybridized carbons (Fsp3) is 0.286. The minimum absolute atomic E-state index is 0.255. The molecule has 1 heterocycles. The van der Waals surface area contributed by atoms with Gasteiger partial charge in [0.15, 0.2) is 0 Å². The first-order chi connectivity index (χ1) is 8.86. The van der Waals surface area contributed by atoms with Crippen molar-refractivity contribution in [2.45, 2.75) is 24.9 Å². The lowest BCUT2D eigenvalue weighted by Crippen LogP contribution is -2.21. The Morgan fingerprint density at radius 1 is 1.33 bits per heavy atom. The summed E-state index contributed by atoms with van der Waals surface area (Å²) >= 11 is 0. The molecule has 1 unspecified atom stereocenters. The number of hydrogen-bond donors (Lipinski definition) is 1. The zero-order valence-electron chi connectivity index (χ0n) is 9.95. The number of rotatable bonds is 4. The van der Waals surface area contributed by atoms with Crippen LogP contribution in [0.3, 0.4) is 0 Å². The first-order valence-electron chi connectivity index (χ1n) is 6.12. The monoisotopic (exact) mass is 238 g/mol. The first kappa shape index (κ1) is 11.0.